The predicted octanol–water partition coefficient (Wildman–Crippen LogP) is 3.09. The van der Waals surface area contributed by atoms with Gasteiger partial charge in [0.25, 0.3) is 11.6 Å². The van der Waals surface area contributed by atoms with Crippen LogP contribution in [0.1, 0.15) is 22.3 Å². The number of carbonyl (C=O) groups is 1. The number of nitro groups is 1. The number of hydrogen-bond donors (Lipinski definition) is 0. The van der Waals surface area contributed by atoms with Gasteiger partial charge in [-0.15, -0.1) is 0 Å². The van der Waals surface area contributed by atoms with Gasteiger partial charge in [0.15, 0.2) is 9.84 Å². The van der Waals surface area contributed by atoms with Crippen molar-refractivity contribution in [3.05, 3.63) is 68.7 Å². The van der Waals surface area contributed by atoms with E-state index in [2.05, 4.69) is 0 Å². The molecule has 0 saturated carbocycles. The van der Waals surface area contributed by atoms with Gasteiger partial charge in [0, 0.05) is 24.7 Å². The minimum atomic E-state index is -3.25. The SMILES string of the molecule is COc1cccc(CN(C(=O)c2cc([N+](=O)[O-])ccc2Cl)C2CCS(=O)(=O)C2)c1. The Bertz CT molecular complexity index is 1060. The summed E-state index contributed by atoms with van der Waals surface area (Å²) in [6, 6.07) is 10.1. The molecule has 1 aliphatic heterocycles. The number of non-ortho nitro benzene ring substituents is 1. The Morgan fingerprint density at radius 3 is 2.69 bits per heavy atom. The number of halogens is 1. The molecular weight excluding hydrogens is 420 g/mol. The highest BCUT2D eigenvalue weighted by atomic mass is 35.5. The van der Waals surface area contributed by atoms with E-state index in [4.69, 9.17) is 16.3 Å². The van der Waals surface area contributed by atoms with Crippen LogP contribution in [0.5, 0.6) is 5.75 Å². The molecule has 10 heteroatoms. The van der Waals surface area contributed by atoms with Gasteiger partial charge in [-0.2, -0.15) is 0 Å². The third-order valence-electron chi connectivity index (χ3n) is 4.79. The van der Waals surface area contributed by atoms with E-state index >= 15 is 0 Å². The Morgan fingerprint density at radius 2 is 2.07 bits per heavy atom. The smallest absolute Gasteiger partial charge is 0.270 e. The maximum Gasteiger partial charge on any atom is 0.270 e. The van der Waals surface area contributed by atoms with Crippen LogP contribution in [0.4, 0.5) is 5.69 Å². The summed E-state index contributed by atoms with van der Waals surface area (Å²) in [5, 5.41) is 11.2. The number of benzene rings is 2. The summed E-state index contributed by atoms with van der Waals surface area (Å²) >= 11 is 6.14. The molecule has 2 aromatic rings. The van der Waals surface area contributed by atoms with Crippen molar-refractivity contribution in [2.45, 2.75) is 19.0 Å². The van der Waals surface area contributed by atoms with E-state index in [-0.39, 0.29) is 34.3 Å². The molecule has 0 N–H and O–H groups in total. The highest BCUT2D eigenvalue weighted by Gasteiger charge is 2.36. The van der Waals surface area contributed by atoms with Gasteiger partial charge in [0.1, 0.15) is 5.75 Å². The summed E-state index contributed by atoms with van der Waals surface area (Å²) in [6.45, 7) is 0.120. The molecule has 1 unspecified atom stereocenters. The monoisotopic (exact) mass is 438 g/mol. The summed E-state index contributed by atoms with van der Waals surface area (Å²) in [6.07, 6.45) is 0.296. The Kier molecular flexibility index (Phi) is 6.09. The number of nitrogens with zero attached hydrogens (tertiary/aromatic N) is 2. The Balaban J connectivity index is 1.99. The second-order valence-corrected chi connectivity index (χ2v) is 9.40. The molecule has 1 amide bonds. The number of rotatable bonds is 6. The molecule has 3 rings (SSSR count). The fourth-order valence-corrected chi connectivity index (χ4v) is 5.23. The number of hydrogen-bond acceptors (Lipinski definition) is 6. The molecule has 1 fully saturated rings. The van der Waals surface area contributed by atoms with Gasteiger partial charge in [-0.3, -0.25) is 14.9 Å². The zero-order chi connectivity index (χ0) is 21.2. The molecule has 0 aromatic heterocycles. The molecule has 0 radical (unpaired) electrons. The van der Waals surface area contributed by atoms with Crippen LogP contribution < -0.4 is 4.74 Å². The molecule has 0 spiro atoms. The largest absolute Gasteiger partial charge is 0.497 e. The summed E-state index contributed by atoms with van der Waals surface area (Å²) in [5.74, 6) is -0.122. The summed E-state index contributed by atoms with van der Waals surface area (Å²) < 4.78 is 29.2. The zero-order valence-electron chi connectivity index (χ0n) is 15.6. The molecule has 0 bridgehead atoms. The average molecular weight is 439 g/mol. The lowest BCUT2D eigenvalue weighted by Gasteiger charge is -2.29. The van der Waals surface area contributed by atoms with Gasteiger partial charge in [0.2, 0.25) is 0 Å². The standard InChI is InChI=1S/C19H19ClN2O6S/c1-28-16-4-2-3-13(9-16)11-21(15-7-8-29(26,27)12-15)19(23)17-10-14(22(24)25)5-6-18(17)20/h2-6,9-10,15H,7-8,11-12H2,1H3. The van der Waals surface area contributed by atoms with Crippen molar-refractivity contribution in [1.82, 2.24) is 4.90 Å². The summed E-state index contributed by atoms with van der Waals surface area (Å²) in [5.41, 5.74) is 0.440. The van der Waals surface area contributed by atoms with E-state index < -0.39 is 26.7 Å². The van der Waals surface area contributed by atoms with Gasteiger partial charge in [0.05, 0.1) is 34.1 Å². The van der Waals surface area contributed by atoms with Crippen LogP contribution in [0, 0.1) is 10.1 Å². The second-order valence-electron chi connectivity index (χ2n) is 6.76. The Morgan fingerprint density at radius 1 is 1.31 bits per heavy atom. The van der Waals surface area contributed by atoms with Crippen molar-refractivity contribution >= 4 is 33.0 Å². The first-order valence-electron chi connectivity index (χ1n) is 8.78. The molecule has 8 nitrogen and oxygen atoms in total. The predicted molar refractivity (Wildman–Crippen MR) is 108 cm³/mol. The molecule has 1 saturated heterocycles. The molecule has 1 heterocycles. The number of methoxy groups -OCH3 is 1. The highest BCUT2D eigenvalue weighted by Crippen LogP contribution is 2.28. The fourth-order valence-electron chi connectivity index (χ4n) is 3.30. The molecule has 2 aromatic carbocycles. The lowest BCUT2D eigenvalue weighted by molar-refractivity contribution is -0.384. The van der Waals surface area contributed by atoms with Gasteiger partial charge >= 0.3 is 0 Å². The first kappa shape index (κ1) is 21.1. The molecule has 0 aliphatic carbocycles. The van der Waals surface area contributed by atoms with Crippen molar-refractivity contribution in [2.75, 3.05) is 18.6 Å². The minimum absolute atomic E-state index is 0.0117. The van der Waals surface area contributed by atoms with E-state index in [1.54, 1.807) is 24.3 Å². The first-order valence-corrected chi connectivity index (χ1v) is 11.0. The van der Waals surface area contributed by atoms with Crippen LogP contribution in [0.15, 0.2) is 42.5 Å². The molecule has 154 valence electrons. The maximum absolute atomic E-state index is 13.3. The van der Waals surface area contributed by atoms with Crippen molar-refractivity contribution < 1.29 is 22.9 Å². The number of nitro benzene ring substituents is 1. The normalized spacial score (nSPS) is 17.7. The van der Waals surface area contributed by atoms with Crippen LogP contribution in [0.25, 0.3) is 0 Å². The van der Waals surface area contributed by atoms with E-state index in [1.807, 2.05) is 0 Å². The molecule has 29 heavy (non-hydrogen) atoms. The summed E-state index contributed by atoms with van der Waals surface area (Å²) in [4.78, 5) is 25.2. The third kappa shape index (κ3) is 4.86. The lowest BCUT2D eigenvalue weighted by Crippen LogP contribution is -2.40. The lowest BCUT2D eigenvalue weighted by atomic mass is 10.1. The quantitative estimate of drug-likeness (QED) is 0.506. The van der Waals surface area contributed by atoms with Gasteiger partial charge in [-0.05, 0) is 30.2 Å². The van der Waals surface area contributed by atoms with Crippen molar-refractivity contribution in [3.8, 4) is 5.75 Å². The maximum atomic E-state index is 13.3. The molecule has 1 aliphatic rings. The molecule has 1 atom stereocenters. The van der Waals surface area contributed by atoms with Crippen LogP contribution in [-0.2, 0) is 16.4 Å². The van der Waals surface area contributed by atoms with Gasteiger partial charge < -0.3 is 9.64 Å². The van der Waals surface area contributed by atoms with Crippen LogP contribution >= 0.6 is 11.6 Å². The molecular formula is C19H19ClN2O6S. The zero-order valence-corrected chi connectivity index (χ0v) is 17.1. The Hall–Kier alpha value is -2.65. The van der Waals surface area contributed by atoms with E-state index in [0.717, 1.165) is 11.6 Å². The van der Waals surface area contributed by atoms with Crippen LogP contribution in [0.2, 0.25) is 5.02 Å². The van der Waals surface area contributed by atoms with Crippen LogP contribution in [0.3, 0.4) is 0 Å². The number of amides is 1. The number of sulfone groups is 1. The van der Waals surface area contributed by atoms with E-state index in [9.17, 15) is 23.3 Å². The van der Waals surface area contributed by atoms with Crippen LogP contribution in [-0.4, -0.2) is 48.8 Å². The average Bonchev–Trinajstić information content (AvgIpc) is 3.05. The fraction of sp³-hybridized carbons (Fsp3) is 0.316. The van der Waals surface area contributed by atoms with E-state index in [1.165, 1.54) is 24.1 Å². The number of carbonyl (C=O) groups excluding carboxylic acids is 1. The topological polar surface area (TPSA) is 107 Å². The van der Waals surface area contributed by atoms with Gasteiger partial charge in [-0.25, -0.2) is 8.42 Å². The summed E-state index contributed by atoms with van der Waals surface area (Å²) in [7, 11) is -1.73. The Labute approximate surface area is 173 Å². The van der Waals surface area contributed by atoms with Gasteiger partial charge in [-0.1, -0.05) is 23.7 Å². The first-order chi connectivity index (χ1) is 13.7. The third-order valence-corrected chi connectivity index (χ3v) is 6.87. The van der Waals surface area contributed by atoms with Crippen molar-refractivity contribution in [3.63, 3.8) is 0 Å². The second kappa shape index (κ2) is 8.38. The highest BCUT2D eigenvalue weighted by molar-refractivity contribution is 7.91. The number of ether oxygens (including phenoxy) is 1. The van der Waals surface area contributed by atoms with E-state index in [0.29, 0.717) is 12.2 Å². The van der Waals surface area contributed by atoms with Crippen molar-refractivity contribution in [1.29, 1.82) is 0 Å². The van der Waals surface area contributed by atoms with Crippen molar-refractivity contribution in [2.24, 2.45) is 0 Å². The minimum Gasteiger partial charge on any atom is -0.497 e.